The third-order valence-corrected chi connectivity index (χ3v) is 14.9. The Morgan fingerprint density at radius 1 is 0.354 bits per heavy atom. The highest BCUT2D eigenvalue weighted by Gasteiger charge is 2.76. The lowest BCUT2D eigenvalue weighted by Gasteiger charge is -2.80. The van der Waals surface area contributed by atoms with Gasteiger partial charge in [-0.1, -0.05) is 101 Å². The van der Waals surface area contributed by atoms with Gasteiger partial charge in [-0.25, -0.2) is 0 Å². The minimum Gasteiger partial charge on any atom is -0.0871 e. The van der Waals surface area contributed by atoms with Crippen LogP contribution in [-0.4, -0.2) is 0 Å². The average Bonchev–Trinajstić information content (AvgIpc) is 2.94. The molecule has 0 heterocycles. The molecule has 8 fully saturated rings. The molecular formula is C48H62. The highest BCUT2D eigenvalue weighted by atomic mass is 14.8. The molecule has 4 atom stereocenters. The van der Waals surface area contributed by atoms with Crippen molar-refractivity contribution in [3.63, 3.8) is 0 Å². The Balaban J connectivity index is 1.31. The number of hydrogen-bond acceptors (Lipinski definition) is 0. The van der Waals surface area contributed by atoms with Gasteiger partial charge in [0.2, 0.25) is 0 Å². The molecule has 8 aliphatic rings. The summed E-state index contributed by atoms with van der Waals surface area (Å²) in [5.41, 5.74) is 11.9. The quantitative estimate of drug-likeness (QED) is 0.283. The fraction of sp³-hybridized carbons (Fsp3) is 0.583. The van der Waals surface area contributed by atoms with Crippen molar-refractivity contribution in [1.82, 2.24) is 0 Å². The Hall–Kier alpha value is -2.60. The molecule has 0 amide bonds. The van der Waals surface area contributed by atoms with Gasteiger partial charge in [-0.15, -0.1) is 0 Å². The van der Waals surface area contributed by atoms with Crippen molar-refractivity contribution in [1.29, 1.82) is 0 Å². The molecule has 8 bridgehead atoms. The molecule has 0 aromatic heterocycles. The normalized spacial score (nSPS) is 44.4. The first-order valence-electron chi connectivity index (χ1n) is 19.5. The average molecular weight is 639 g/mol. The number of hydrogen-bond donors (Lipinski definition) is 0. The second-order valence-corrected chi connectivity index (χ2v) is 20.3. The standard InChI is InChI=1S/C48H62/c1-9-13-35-17-36(14-10-2)20-39(19-35)45-25-41(5)23-42(6,26-45)30-47(29-41,33-45)48-31-43(7)24-44(8,32-48)28-46(27-43,34-48)40-21-37(15-11-3)18-38(22-40)16-12-4/h9-22H,23-34H2,1-8H3. The van der Waals surface area contributed by atoms with E-state index in [0.29, 0.717) is 32.5 Å². The van der Waals surface area contributed by atoms with Gasteiger partial charge in [0.05, 0.1) is 0 Å². The van der Waals surface area contributed by atoms with Gasteiger partial charge in [0.15, 0.2) is 0 Å². The van der Waals surface area contributed by atoms with Crippen LogP contribution in [0.15, 0.2) is 60.7 Å². The van der Waals surface area contributed by atoms with Gasteiger partial charge in [0, 0.05) is 0 Å². The van der Waals surface area contributed by atoms with Crippen LogP contribution >= 0.6 is 0 Å². The molecule has 8 saturated carbocycles. The van der Waals surface area contributed by atoms with Crippen LogP contribution < -0.4 is 0 Å². The van der Waals surface area contributed by atoms with Gasteiger partial charge < -0.3 is 0 Å². The van der Waals surface area contributed by atoms with Gasteiger partial charge in [0.25, 0.3) is 0 Å². The van der Waals surface area contributed by atoms with Gasteiger partial charge in [-0.2, -0.15) is 0 Å². The summed E-state index contributed by atoms with van der Waals surface area (Å²) in [6.07, 6.45) is 35.3. The first-order chi connectivity index (χ1) is 22.7. The first kappa shape index (κ1) is 32.6. The maximum Gasteiger partial charge on any atom is -0.00307 e. The lowest BCUT2D eigenvalue weighted by Crippen LogP contribution is -2.71. The zero-order chi connectivity index (χ0) is 33.8. The third kappa shape index (κ3) is 4.88. The second kappa shape index (κ2) is 10.5. The lowest BCUT2D eigenvalue weighted by molar-refractivity contribution is -0.275. The summed E-state index contributed by atoms with van der Waals surface area (Å²) in [5.74, 6) is 0. The Morgan fingerprint density at radius 2 is 0.625 bits per heavy atom. The molecule has 0 N–H and O–H groups in total. The summed E-state index contributed by atoms with van der Waals surface area (Å²) in [7, 11) is 0. The predicted molar refractivity (Wildman–Crippen MR) is 208 cm³/mol. The fourth-order valence-corrected chi connectivity index (χ4v) is 16.2. The predicted octanol–water partition coefficient (Wildman–Crippen LogP) is 13.8. The van der Waals surface area contributed by atoms with Crippen LogP contribution in [0.3, 0.4) is 0 Å². The van der Waals surface area contributed by atoms with Gasteiger partial charge in [-0.3, -0.25) is 0 Å². The SMILES string of the molecule is CC=Cc1cc(C=CC)cc(C23CC4(C)CC(C)(C2)CC(C25CC6(C)CC(C)(CC(c7cc(C=CC)cc(C=CC)c7)(C6)C2)C5)(C4)C3)c1. The zero-order valence-corrected chi connectivity index (χ0v) is 31.6. The molecule has 0 heteroatoms. The molecule has 4 unspecified atom stereocenters. The highest BCUT2D eigenvalue weighted by Crippen LogP contribution is 2.85. The molecule has 10 rings (SSSR count). The van der Waals surface area contributed by atoms with Gasteiger partial charge >= 0.3 is 0 Å². The van der Waals surface area contributed by atoms with Crippen LogP contribution in [0.5, 0.6) is 0 Å². The molecule has 254 valence electrons. The van der Waals surface area contributed by atoms with E-state index in [1.54, 1.807) is 11.1 Å². The van der Waals surface area contributed by atoms with Crippen LogP contribution in [0.2, 0.25) is 0 Å². The maximum atomic E-state index is 2.73. The number of rotatable bonds is 7. The Kier molecular flexibility index (Phi) is 7.11. The van der Waals surface area contributed by atoms with Crippen LogP contribution in [0.4, 0.5) is 0 Å². The van der Waals surface area contributed by atoms with Crippen molar-refractivity contribution in [3.8, 4) is 0 Å². The highest BCUT2D eigenvalue weighted by molar-refractivity contribution is 5.62. The minimum absolute atomic E-state index is 0.273. The van der Waals surface area contributed by atoms with Gasteiger partial charge in [-0.05, 0) is 194 Å². The summed E-state index contributed by atoms with van der Waals surface area (Å²) in [4.78, 5) is 0. The monoisotopic (exact) mass is 638 g/mol. The van der Waals surface area contributed by atoms with Gasteiger partial charge in [0.1, 0.15) is 0 Å². The summed E-state index contributed by atoms with van der Waals surface area (Å²) in [6.45, 7) is 19.6. The van der Waals surface area contributed by atoms with E-state index in [1.807, 2.05) is 0 Å². The fourth-order valence-electron chi connectivity index (χ4n) is 16.2. The second-order valence-electron chi connectivity index (χ2n) is 20.3. The summed E-state index contributed by atoms with van der Waals surface area (Å²) >= 11 is 0. The topological polar surface area (TPSA) is 0 Å². The van der Waals surface area contributed by atoms with E-state index < -0.39 is 0 Å². The molecule has 8 aliphatic carbocycles. The van der Waals surface area contributed by atoms with Crippen LogP contribution in [-0.2, 0) is 10.8 Å². The van der Waals surface area contributed by atoms with Crippen LogP contribution in [0.25, 0.3) is 24.3 Å². The molecule has 48 heavy (non-hydrogen) atoms. The maximum absolute atomic E-state index is 2.73. The molecule has 0 nitrogen and oxygen atoms in total. The summed E-state index contributed by atoms with van der Waals surface area (Å²) in [6, 6.07) is 15.2. The third-order valence-electron chi connectivity index (χ3n) is 14.9. The minimum atomic E-state index is 0.273. The summed E-state index contributed by atoms with van der Waals surface area (Å²) in [5, 5.41) is 0. The largest absolute Gasteiger partial charge is 0.0871 e. The van der Waals surface area contributed by atoms with Crippen molar-refractivity contribution < 1.29 is 0 Å². The van der Waals surface area contributed by atoms with E-state index in [0.717, 1.165) is 0 Å². The number of allylic oxidation sites excluding steroid dienone is 4. The Morgan fingerprint density at radius 3 is 0.875 bits per heavy atom. The van der Waals surface area contributed by atoms with E-state index >= 15 is 0 Å². The van der Waals surface area contributed by atoms with E-state index in [9.17, 15) is 0 Å². The molecular weight excluding hydrogens is 577 g/mol. The molecule has 0 spiro atoms. The molecule has 0 aliphatic heterocycles. The van der Waals surface area contributed by atoms with E-state index in [4.69, 9.17) is 0 Å². The van der Waals surface area contributed by atoms with Crippen molar-refractivity contribution in [2.24, 2.45) is 32.5 Å². The zero-order valence-electron chi connectivity index (χ0n) is 31.6. The van der Waals surface area contributed by atoms with Crippen LogP contribution in [0, 0.1) is 32.5 Å². The molecule has 2 aromatic carbocycles. The molecule has 0 radical (unpaired) electrons. The Bertz CT molecular complexity index is 1530. The van der Waals surface area contributed by atoms with Crippen molar-refractivity contribution in [2.45, 2.75) is 143 Å². The molecule has 2 aromatic rings. The lowest BCUT2D eigenvalue weighted by atomic mass is 9.24. The molecule has 0 saturated heterocycles. The summed E-state index contributed by atoms with van der Waals surface area (Å²) < 4.78 is 0. The van der Waals surface area contributed by atoms with Crippen LogP contribution in [0.1, 0.15) is 166 Å². The van der Waals surface area contributed by atoms with Crippen molar-refractivity contribution in [2.75, 3.05) is 0 Å². The van der Waals surface area contributed by atoms with E-state index in [1.165, 1.54) is 99.3 Å². The van der Waals surface area contributed by atoms with Crippen molar-refractivity contribution >= 4 is 24.3 Å². The van der Waals surface area contributed by atoms with E-state index in [-0.39, 0.29) is 10.8 Å². The smallest absolute Gasteiger partial charge is 0.00307 e. The first-order valence-corrected chi connectivity index (χ1v) is 19.5. The number of benzene rings is 2. The van der Waals surface area contributed by atoms with E-state index in [2.05, 4.69) is 140 Å². The Labute approximate surface area is 293 Å². The van der Waals surface area contributed by atoms with Crippen molar-refractivity contribution in [3.05, 3.63) is 94.1 Å².